The van der Waals surface area contributed by atoms with E-state index in [1.165, 1.54) is 5.56 Å². The molecule has 1 aliphatic carbocycles. The number of nitrogens with zero attached hydrogens (tertiary/aromatic N) is 2. The van der Waals surface area contributed by atoms with Gasteiger partial charge in [0.05, 0.1) is 5.69 Å². The third kappa shape index (κ3) is 2.34. The molecule has 0 amide bonds. The van der Waals surface area contributed by atoms with Crippen molar-refractivity contribution in [2.45, 2.75) is 38.5 Å². The van der Waals surface area contributed by atoms with E-state index in [0.717, 1.165) is 42.0 Å². The Labute approximate surface area is 120 Å². The van der Waals surface area contributed by atoms with Crippen LogP contribution in [0, 0.1) is 6.92 Å². The Balaban J connectivity index is 2.00. The van der Waals surface area contributed by atoms with Crippen molar-refractivity contribution in [3.8, 4) is 11.3 Å². The van der Waals surface area contributed by atoms with E-state index in [-0.39, 0.29) is 5.41 Å². The van der Waals surface area contributed by atoms with Gasteiger partial charge in [-0.2, -0.15) is 0 Å². The number of aryl methyl sites for hydroxylation is 2. The average Bonchev–Trinajstić information content (AvgIpc) is 3.28. The number of hydrogen-bond donors (Lipinski definition) is 1. The quantitative estimate of drug-likeness (QED) is 0.926. The minimum atomic E-state index is 0.0458. The largest absolute Gasteiger partial charge is 0.329 e. The number of hydrogen-bond acceptors (Lipinski definition) is 3. The summed E-state index contributed by atoms with van der Waals surface area (Å²) in [6.07, 6.45) is 3.28. The van der Waals surface area contributed by atoms with Crippen LogP contribution in [0.3, 0.4) is 0 Å². The van der Waals surface area contributed by atoms with E-state index in [2.05, 4.69) is 42.2 Å². The summed E-state index contributed by atoms with van der Waals surface area (Å²) >= 11 is 0. The molecule has 20 heavy (non-hydrogen) atoms. The minimum Gasteiger partial charge on any atom is -0.329 e. The third-order valence-electron chi connectivity index (χ3n) is 4.23. The van der Waals surface area contributed by atoms with Crippen LogP contribution >= 0.6 is 0 Å². The van der Waals surface area contributed by atoms with Crippen LogP contribution in [0.15, 0.2) is 30.3 Å². The molecule has 0 aliphatic heterocycles. The van der Waals surface area contributed by atoms with Crippen molar-refractivity contribution in [2.24, 2.45) is 5.73 Å². The van der Waals surface area contributed by atoms with Crippen molar-refractivity contribution >= 4 is 0 Å². The van der Waals surface area contributed by atoms with Gasteiger partial charge in [0.15, 0.2) is 0 Å². The van der Waals surface area contributed by atoms with Crippen LogP contribution in [0.2, 0.25) is 0 Å². The molecule has 0 spiro atoms. The van der Waals surface area contributed by atoms with Gasteiger partial charge in [-0.15, -0.1) is 0 Å². The van der Waals surface area contributed by atoms with E-state index < -0.39 is 0 Å². The highest BCUT2D eigenvalue weighted by molar-refractivity contribution is 5.60. The maximum atomic E-state index is 5.90. The summed E-state index contributed by atoms with van der Waals surface area (Å²) in [6, 6.07) is 10.7. The van der Waals surface area contributed by atoms with Crippen LogP contribution in [0.25, 0.3) is 11.3 Å². The first-order valence-corrected chi connectivity index (χ1v) is 7.32. The zero-order valence-electron chi connectivity index (χ0n) is 12.2. The van der Waals surface area contributed by atoms with Crippen LogP contribution < -0.4 is 5.73 Å². The Bertz CT molecular complexity index is 613. The molecule has 1 aliphatic rings. The smallest absolute Gasteiger partial charge is 0.136 e. The molecule has 1 saturated carbocycles. The molecule has 104 valence electrons. The Hall–Kier alpha value is -1.74. The zero-order chi connectivity index (χ0) is 14.2. The van der Waals surface area contributed by atoms with Crippen molar-refractivity contribution in [1.29, 1.82) is 0 Å². The molecule has 1 heterocycles. The molecule has 0 atom stereocenters. The lowest BCUT2D eigenvalue weighted by atomic mass is 10.0. The Morgan fingerprint density at radius 1 is 1.15 bits per heavy atom. The van der Waals surface area contributed by atoms with Gasteiger partial charge < -0.3 is 5.73 Å². The highest BCUT2D eigenvalue weighted by Gasteiger charge is 2.46. The van der Waals surface area contributed by atoms with E-state index in [1.807, 2.05) is 6.92 Å². The first kappa shape index (κ1) is 13.3. The molecular formula is C17H21N3. The van der Waals surface area contributed by atoms with Crippen molar-refractivity contribution in [3.63, 3.8) is 0 Å². The lowest BCUT2D eigenvalue weighted by Crippen LogP contribution is -2.23. The van der Waals surface area contributed by atoms with Gasteiger partial charge in [0, 0.05) is 23.2 Å². The summed E-state index contributed by atoms with van der Waals surface area (Å²) in [7, 11) is 0. The van der Waals surface area contributed by atoms with Crippen molar-refractivity contribution in [2.75, 3.05) is 6.54 Å². The molecule has 0 radical (unpaired) electrons. The lowest BCUT2D eigenvalue weighted by Gasteiger charge is -2.13. The standard InChI is InChI=1S/C17H21N3/c1-3-13-4-6-14(7-5-13)15-10-12(2)19-16(20-15)17(11-18)8-9-17/h4-7,10H,3,8-9,11,18H2,1-2H3. The summed E-state index contributed by atoms with van der Waals surface area (Å²) in [4.78, 5) is 9.38. The van der Waals surface area contributed by atoms with Gasteiger partial charge in [0.25, 0.3) is 0 Å². The molecule has 2 aromatic rings. The number of nitrogens with two attached hydrogens (primary N) is 1. The maximum Gasteiger partial charge on any atom is 0.136 e. The maximum absolute atomic E-state index is 5.90. The summed E-state index contributed by atoms with van der Waals surface area (Å²) in [5.41, 5.74) is 10.5. The van der Waals surface area contributed by atoms with Crippen LogP contribution in [-0.4, -0.2) is 16.5 Å². The van der Waals surface area contributed by atoms with Gasteiger partial charge in [0.2, 0.25) is 0 Å². The van der Waals surface area contributed by atoms with Gasteiger partial charge in [-0.25, -0.2) is 9.97 Å². The first-order valence-electron chi connectivity index (χ1n) is 7.32. The van der Waals surface area contributed by atoms with Crippen LogP contribution in [0.1, 0.15) is 36.8 Å². The normalized spacial score (nSPS) is 16.1. The van der Waals surface area contributed by atoms with Crippen LogP contribution in [0.5, 0.6) is 0 Å². The van der Waals surface area contributed by atoms with Crippen LogP contribution in [0.4, 0.5) is 0 Å². The molecule has 1 fully saturated rings. The van der Waals surface area contributed by atoms with E-state index in [0.29, 0.717) is 6.54 Å². The second kappa shape index (κ2) is 4.98. The monoisotopic (exact) mass is 267 g/mol. The molecule has 3 heteroatoms. The van der Waals surface area contributed by atoms with Gasteiger partial charge in [0.1, 0.15) is 5.82 Å². The minimum absolute atomic E-state index is 0.0458. The van der Waals surface area contributed by atoms with E-state index in [1.54, 1.807) is 0 Å². The molecule has 1 aromatic heterocycles. The molecular weight excluding hydrogens is 246 g/mol. The highest BCUT2D eigenvalue weighted by atomic mass is 14.9. The number of aromatic nitrogens is 2. The molecule has 1 aromatic carbocycles. The summed E-state index contributed by atoms with van der Waals surface area (Å²) < 4.78 is 0. The second-order valence-electron chi connectivity index (χ2n) is 5.75. The summed E-state index contributed by atoms with van der Waals surface area (Å²) in [5.74, 6) is 0.926. The molecule has 0 saturated heterocycles. The Morgan fingerprint density at radius 2 is 1.85 bits per heavy atom. The predicted octanol–water partition coefficient (Wildman–Crippen LogP) is 3.00. The zero-order valence-corrected chi connectivity index (χ0v) is 12.2. The predicted molar refractivity (Wildman–Crippen MR) is 81.5 cm³/mol. The summed E-state index contributed by atoms with van der Waals surface area (Å²) in [5, 5.41) is 0. The van der Waals surface area contributed by atoms with Gasteiger partial charge in [-0.3, -0.25) is 0 Å². The third-order valence-corrected chi connectivity index (χ3v) is 4.23. The fourth-order valence-corrected chi connectivity index (χ4v) is 2.53. The Morgan fingerprint density at radius 3 is 2.40 bits per heavy atom. The molecule has 0 unspecified atom stereocenters. The summed E-state index contributed by atoms with van der Waals surface area (Å²) in [6.45, 7) is 4.84. The van der Waals surface area contributed by atoms with Gasteiger partial charge in [-0.1, -0.05) is 31.2 Å². The van der Waals surface area contributed by atoms with Crippen LogP contribution in [-0.2, 0) is 11.8 Å². The fourth-order valence-electron chi connectivity index (χ4n) is 2.53. The van der Waals surface area contributed by atoms with Gasteiger partial charge >= 0.3 is 0 Å². The van der Waals surface area contributed by atoms with Crippen molar-refractivity contribution in [1.82, 2.24) is 9.97 Å². The van der Waals surface area contributed by atoms with Gasteiger partial charge in [-0.05, 0) is 37.8 Å². The molecule has 2 N–H and O–H groups in total. The van der Waals surface area contributed by atoms with E-state index >= 15 is 0 Å². The van der Waals surface area contributed by atoms with Crippen molar-refractivity contribution in [3.05, 3.63) is 47.4 Å². The molecule has 3 rings (SSSR count). The van der Waals surface area contributed by atoms with Crippen molar-refractivity contribution < 1.29 is 0 Å². The number of rotatable bonds is 4. The Kier molecular flexibility index (Phi) is 3.30. The van der Waals surface area contributed by atoms with E-state index in [9.17, 15) is 0 Å². The highest BCUT2D eigenvalue weighted by Crippen LogP contribution is 2.45. The first-order chi connectivity index (χ1) is 9.66. The topological polar surface area (TPSA) is 51.8 Å². The molecule has 3 nitrogen and oxygen atoms in total. The average molecular weight is 267 g/mol. The number of benzene rings is 1. The fraction of sp³-hybridized carbons (Fsp3) is 0.412. The van der Waals surface area contributed by atoms with E-state index in [4.69, 9.17) is 10.7 Å². The molecule has 0 bridgehead atoms. The lowest BCUT2D eigenvalue weighted by molar-refractivity contribution is 0.646. The SMILES string of the molecule is CCc1ccc(-c2cc(C)nc(C3(CN)CC3)n2)cc1. The second-order valence-corrected chi connectivity index (χ2v) is 5.75.